The Morgan fingerprint density at radius 1 is 1.10 bits per heavy atom. The minimum atomic E-state index is -3.19. The van der Waals surface area contributed by atoms with Crippen LogP contribution < -0.4 is 11.1 Å². The van der Waals surface area contributed by atoms with E-state index in [0.29, 0.717) is 11.3 Å². The normalized spacial score (nSPS) is 10.8. The second kappa shape index (κ2) is 5.23. The zero-order valence-corrected chi connectivity index (χ0v) is 11.6. The molecule has 0 radical (unpaired) electrons. The second-order valence-corrected chi connectivity index (χ2v) is 6.35. The van der Waals surface area contributed by atoms with Crippen molar-refractivity contribution in [1.82, 2.24) is 0 Å². The predicted octanol–water partition coefficient (Wildman–Crippen LogP) is 2.29. The number of nitrogen functional groups attached to an aromatic ring is 1. The molecule has 0 aliphatic heterocycles. The smallest absolute Gasteiger partial charge is 0.175 e. The van der Waals surface area contributed by atoms with Crippen molar-refractivity contribution >= 4 is 26.9 Å². The van der Waals surface area contributed by atoms with E-state index in [1.807, 2.05) is 6.07 Å². The van der Waals surface area contributed by atoms with Gasteiger partial charge in [-0.15, -0.1) is 0 Å². The lowest BCUT2D eigenvalue weighted by molar-refractivity contribution is 0.602. The number of sulfone groups is 1. The Bertz CT molecular complexity index is 775. The molecular weight excluding hydrogens is 274 g/mol. The third-order valence-corrected chi connectivity index (χ3v) is 3.87. The first-order valence-electron chi connectivity index (χ1n) is 5.77. The highest BCUT2D eigenvalue weighted by Crippen LogP contribution is 2.22. The number of nitrogens with one attached hydrogen (secondary N) is 1. The van der Waals surface area contributed by atoms with E-state index < -0.39 is 9.84 Å². The number of hydrogen-bond acceptors (Lipinski definition) is 5. The summed E-state index contributed by atoms with van der Waals surface area (Å²) < 4.78 is 22.7. The van der Waals surface area contributed by atoms with Crippen molar-refractivity contribution in [2.75, 3.05) is 17.3 Å². The molecule has 0 heterocycles. The summed E-state index contributed by atoms with van der Waals surface area (Å²) in [6, 6.07) is 13.4. The highest BCUT2D eigenvalue weighted by molar-refractivity contribution is 7.90. The summed E-state index contributed by atoms with van der Waals surface area (Å²) in [6.07, 6.45) is 1.16. The van der Waals surface area contributed by atoms with Crippen molar-refractivity contribution < 1.29 is 8.42 Å². The van der Waals surface area contributed by atoms with Gasteiger partial charge in [0.05, 0.1) is 16.1 Å². The third kappa shape index (κ3) is 3.08. The van der Waals surface area contributed by atoms with E-state index in [1.165, 1.54) is 12.1 Å². The highest BCUT2D eigenvalue weighted by atomic mass is 32.2. The number of benzene rings is 2. The summed E-state index contributed by atoms with van der Waals surface area (Å²) in [5.74, 6) is 0. The van der Waals surface area contributed by atoms with Gasteiger partial charge in [-0.2, -0.15) is 5.26 Å². The Kier molecular flexibility index (Phi) is 3.63. The number of hydrogen-bond donors (Lipinski definition) is 2. The van der Waals surface area contributed by atoms with Gasteiger partial charge in [0.15, 0.2) is 9.84 Å². The van der Waals surface area contributed by atoms with Crippen LogP contribution in [-0.2, 0) is 9.84 Å². The topological polar surface area (TPSA) is 96.0 Å². The van der Waals surface area contributed by atoms with Crippen molar-refractivity contribution in [1.29, 1.82) is 5.26 Å². The van der Waals surface area contributed by atoms with Gasteiger partial charge in [-0.1, -0.05) is 0 Å². The first-order chi connectivity index (χ1) is 9.40. The Morgan fingerprint density at radius 3 is 2.20 bits per heavy atom. The fraction of sp³-hybridized carbons (Fsp3) is 0.0714. The van der Waals surface area contributed by atoms with Crippen LogP contribution in [0.25, 0.3) is 0 Å². The summed E-state index contributed by atoms with van der Waals surface area (Å²) in [4.78, 5) is 0.266. The fourth-order valence-corrected chi connectivity index (χ4v) is 2.32. The molecule has 2 rings (SSSR count). The number of nitriles is 1. The largest absolute Gasteiger partial charge is 0.398 e. The molecule has 0 fully saturated rings. The van der Waals surface area contributed by atoms with Crippen molar-refractivity contribution in [3.05, 3.63) is 48.0 Å². The lowest BCUT2D eigenvalue weighted by Gasteiger charge is -2.08. The van der Waals surface area contributed by atoms with Crippen LogP contribution in [0.5, 0.6) is 0 Å². The predicted molar refractivity (Wildman–Crippen MR) is 78.4 cm³/mol. The number of nitrogens with two attached hydrogens (primary N) is 1. The van der Waals surface area contributed by atoms with Crippen LogP contribution in [0, 0.1) is 11.3 Å². The Hall–Kier alpha value is -2.52. The van der Waals surface area contributed by atoms with Gasteiger partial charge in [0, 0.05) is 17.6 Å². The molecule has 0 aliphatic rings. The van der Waals surface area contributed by atoms with Gasteiger partial charge in [-0.05, 0) is 42.5 Å². The van der Waals surface area contributed by atoms with E-state index in [0.717, 1.165) is 17.6 Å². The molecule has 0 bridgehead atoms. The lowest BCUT2D eigenvalue weighted by atomic mass is 10.2. The van der Waals surface area contributed by atoms with Gasteiger partial charge >= 0.3 is 0 Å². The lowest BCUT2D eigenvalue weighted by Crippen LogP contribution is -1.98. The Morgan fingerprint density at radius 2 is 1.70 bits per heavy atom. The third-order valence-electron chi connectivity index (χ3n) is 2.74. The summed E-state index contributed by atoms with van der Waals surface area (Å²) in [7, 11) is -3.19. The van der Waals surface area contributed by atoms with E-state index in [1.54, 1.807) is 30.3 Å². The van der Waals surface area contributed by atoms with Gasteiger partial charge in [0.25, 0.3) is 0 Å². The van der Waals surface area contributed by atoms with Gasteiger partial charge in [-0.3, -0.25) is 0 Å². The highest BCUT2D eigenvalue weighted by Gasteiger charge is 2.06. The van der Waals surface area contributed by atoms with E-state index in [4.69, 9.17) is 11.0 Å². The molecule has 6 heteroatoms. The van der Waals surface area contributed by atoms with Gasteiger partial charge < -0.3 is 11.1 Å². The number of anilines is 3. The van der Waals surface area contributed by atoms with Gasteiger partial charge in [0.2, 0.25) is 0 Å². The minimum absolute atomic E-state index is 0.266. The van der Waals surface area contributed by atoms with Crippen LogP contribution in [0.4, 0.5) is 17.1 Å². The minimum Gasteiger partial charge on any atom is -0.398 e. The van der Waals surface area contributed by atoms with Crippen LogP contribution >= 0.6 is 0 Å². The van der Waals surface area contributed by atoms with Crippen LogP contribution in [0.2, 0.25) is 0 Å². The van der Waals surface area contributed by atoms with Crippen LogP contribution in [0.1, 0.15) is 5.56 Å². The summed E-state index contributed by atoms with van der Waals surface area (Å²) >= 11 is 0. The molecule has 2 aromatic rings. The second-order valence-electron chi connectivity index (χ2n) is 4.34. The zero-order valence-electron chi connectivity index (χ0n) is 10.8. The average molecular weight is 287 g/mol. The molecule has 0 atom stereocenters. The standard InChI is InChI=1S/C14H13N3O2S/c1-20(18,19)13-6-4-11(5-7-13)17-12-3-2-10(9-15)14(16)8-12/h2-8,17H,16H2,1H3. The first kappa shape index (κ1) is 13.9. The SMILES string of the molecule is CS(=O)(=O)c1ccc(Nc2ccc(C#N)c(N)c2)cc1. The summed E-state index contributed by atoms with van der Waals surface area (Å²) in [5.41, 5.74) is 8.01. The molecule has 0 saturated heterocycles. The molecule has 0 unspecified atom stereocenters. The van der Waals surface area contributed by atoms with Gasteiger partial charge in [-0.25, -0.2) is 8.42 Å². The van der Waals surface area contributed by atoms with E-state index in [9.17, 15) is 8.42 Å². The zero-order chi connectivity index (χ0) is 14.8. The molecule has 0 saturated carbocycles. The Balaban J connectivity index is 2.23. The maximum atomic E-state index is 11.4. The maximum Gasteiger partial charge on any atom is 0.175 e. The molecule has 20 heavy (non-hydrogen) atoms. The van der Waals surface area contributed by atoms with Crippen molar-refractivity contribution in [2.24, 2.45) is 0 Å². The molecule has 2 aromatic carbocycles. The molecule has 102 valence electrons. The van der Waals surface area contributed by atoms with Crippen molar-refractivity contribution in [3.8, 4) is 6.07 Å². The molecule has 0 aromatic heterocycles. The quantitative estimate of drug-likeness (QED) is 0.844. The molecule has 0 spiro atoms. The van der Waals surface area contributed by atoms with Crippen molar-refractivity contribution in [2.45, 2.75) is 4.90 Å². The number of rotatable bonds is 3. The molecule has 3 N–H and O–H groups in total. The average Bonchev–Trinajstić information content (AvgIpc) is 2.38. The first-order valence-corrected chi connectivity index (χ1v) is 7.66. The van der Waals surface area contributed by atoms with E-state index in [2.05, 4.69) is 5.32 Å². The van der Waals surface area contributed by atoms with Crippen LogP contribution in [0.15, 0.2) is 47.4 Å². The van der Waals surface area contributed by atoms with Crippen LogP contribution in [0.3, 0.4) is 0 Å². The monoisotopic (exact) mass is 287 g/mol. The van der Waals surface area contributed by atoms with Crippen LogP contribution in [-0.4, -0.2) is 14.7 Å². The molecule has 5 nitrogen and oxygen atoms in total. The summed E-state index contributed by atoms with van der Waals surface area (Å²) in [5, 5.41) is 11.9. The Labute approximate surface area is 117 Å². The summed E-state index contributed by atoms with van der Waals surface area (Å²) in [6.45, 7) is 0. The molecule has 0 amide bonds. The van der Waals surface area contributed by atoms with Gasteiger partial charge in [0.1, 0.15) is 6.07 Å². The fourth-order valence-electron chi connectivity index (χ4n) is 1.69. The maximum absolute atomic E-state index is 11.4. The molecular formula is C14H13N3O2S. The molecule has 0 aliphatic carbocycles. The number of nitrogens with zero attached hydrogens (tertiary/aromatic N) is 1. The van der Waals surface area contributed by atoms with Crippen molar-refractivity contribution in [3.63, 3.8) is 0 Å². The van der Waals surface area contributed by atoms with E-state index in [-0.39, 0.29) is 4.90 Å². The van der Waals surface area contributed by atoms with E-state index >= 15 is 0 Å².